The van der Waals surface area contributed by atoms with Gasteiger partial charge >= 0.3 is 0 Å². The summed E-state index contributed by atoms with van der Waals surface area (Å²) in [6.07, 6.45) is 1.14. The molecule has 0 radical (unpaired) electrons. The Labute approximate surface area is 117 Å². The molecule has 20 heavy (non-hydrogen) atoms. The van der Waals surface area contributed by atoms with Gasteiger partial charge in [-0.05, 0) is 44.5 Å². The predicted molar refractivity (Wildman–Crippen MR) is 72.0 cm³/mol. The molecule has 0 unspecified atom stereocenters. The van der Waals surface area contributed by atoms with Crippen molar-refractivity contribution in [3.8, 4) is 5.69 Å². The number of rotatable bonds is 6. The lowest BCUT2D eigenvalue weighted by Crippen LogP contribution is -2.09. The van der Waals surface area contributed by atoms with Crippen molar-refractivity contribution >= 4 is 0 Å². The Kier molecular flexibility index (Phi) is 4.81. The van der Waals surface area contributed by atoms with E-state index in [0.29, 0.717) is 24.6 Å². The van der Waals surface area contributed by atoms with Gasteiger partial charge in [0.05, 0.1) is 11.9 Å². The largest absolute Gasteiger partial charge is 0.347 e. The highest BCUT2D eigenvalue weighted by Crippen LogP contribution is 2.18. The number of benzene rings is 1. The second kappa shape index (κ2) is 6.58. The SMILES string of the molecule is CCOC(OCC)c1cn(-c2cc(C)cc(F)c2)nn1. The lowest BCUT2D eigenvalue weighted by Gasteiger charge is -2.13. The molecule has 0 bridgehead atoms. The zero-order valence-electron chi connectivity index (χ0n) is 11.8. The maximum absolute atomic E-state index is 13.4. The molecule has 1 aromatic heterocycles. The molecule has 0 saturated carbocycles. The van der Waals surface area contributed by atoms with Crippen molar-refractivity contribution in [3.63, 3.8) is 0 Å². The number of ether oxygens (including phenoxy) is 2. The van der Waals surface area contributed by atoms with E-state index < -0.39 is 6.29 Å². The van der Waals surface area contributed by atoms with Crippen LogP contribution in [-0.2, 0) is 9.47 Å². The van der Waals surface area contributed by atoms with Crippen LogP contribution in [0, 0.1) is 12.7 Å². The molecular formula is C14H18FN3O2. The molecule has 0 aliphatic rings. The van der Waals surface area contributed by atoms with Gasteiger partial charge in [0.25, 0.3) is 0 Å². The Balaban J connectivity index is 2.27. The molecule has 0 spiro atoms. The normalized spacial score (nSPS) is 11.2. The third-order valence-corrected chi connectivity index (χ3v) is 2.68. The zero-order chi connectivity index (χ0) is 14.5. The second-order valence-corrected chi connectivity index (χ2v) is 4.32. The number of halogens is 1. The molecule has 6 heteroatoms. The van der Waals surface area contributed by atoms with Crippen LogP contribution in [0.25, 0.3) is 5.69 Å². The minimum absolute atomic E-state index is 0.303. The van der Waals surface area contributed by atoms with Crippen LogP contribution in [0.2, 0.25) is 0 Å². The van der Waals surface area contributed by atoms with Gasteiger partial charge in [-0.1, -0.05) is 5.21 Å². The van der Waals surface area contributed by atoms with E-state index in [0.717, 1.165) is 5.56 Å². The van der Waals surface area contributed by atoms with Gasteiger partial charge < -0.3 is 9.47 Å². The van der Waals surface area contributed by atoms with Crippen LogP contribution in [0.15, 0.2) is 24.4 Å². The van der Waals surface area contributed by atoms with Gasteiger partial charge in [0.15, 0.2) is 0 Å². The number of hydrogen-bond acceptors (Lipinski definition) is 4. The third kappa shape index (κ3) is 3.40. The first-order valence-electron chi connectivity index (χ1n) is 6.57. The van der Waals surface area contributed by atoms with Gasteiger partial charge in [0.1, 0.15) is 11.5 Å². The zero-order valence-corrected chi connectivity index (χ0v) is 11.8. The van der Waals surface area contributed by atoms with Crippen LogP contribution in [0.1, 0.15) is 31.4 Å². The summed E-state index contributed by atoms with van der Waals surface area (Å²) < 4.78 is 25.8. The summed E-state index contributed by atoms with van der Waals surface area (Å²) in [5.74, 6) is -0.303. The highest BCUT2D eigenvalue weighted by Gasteiger charge is 2.16. The summed E-state index contributed by atoms with van der Waals surface area (Å²) in [5.41, 5.74) is 2.01. The molecule has 1 heterocycles. The first-order chi connectivity index (χ1) is 9.63. The molecule has 2 aromatic rings. The summed E-state index contributed by atoms with van der Waals surface area (Å²) in [4.78, 5) is 0. The van der Waals surface area contributed by atoms with Crippen molar-refractivity contribution in [2.75, 3.05) is 13.2 Å². The highest BCUT2D eigenvalue weighted by molar-refractivity contribution is 5.35. The Morgan fingerprint density at radius 3 is 2.50 bits per heavy atom. The Hall–Kier alpha value is -1.79. The number of hydrogen-bond donors (Lipinski definition) is 0. The van der Waals surface area contributed by atoms with Crippen LogP contribution >= 0.6 is 0 Å². The standard InChI is InChI=1S/C14H18FN3O2/c1-4-19-14(20-5-2)13-9-18(17-16-13)12-7-10(3)6-11(15)8-12/h6-9,14H,4-5H2,1-3H3. The van der Waals surface area contributed by atoms with Gasteiger partial charge in [0.2, 0.25) is 6.29 Å². The van der Waals surface area contributed by atoms with E-state index in [1.54, 1.807) is 6.20 Å². The molecule has 5 nitrogen and oxygen atoms in total. The van der Waals surface area contributed by atoms with Crippen molar-refractivity contribution < 1.29 is 13.9 Å². The summed E-state index contributed by atoms with van der Waals surface area (Å²) in [7, 11) is 0. The minimum Gasteiger partial charge on any atom is -0.347 e. The van der Waals surface area contributed by atoms with Crippen LogP contribution in [-0.4, -0.2) is 28.2 Å². The summed E-state index contributed by atoms with van der Waals surface area (Å²) in [6.45, 7) is 6.61. The maximum Gasteiger partial charge on any atom is 0.204 e. The molecule has 0 N–H and O–H groups in total. The van der Waals surface area contributed by atoms with Crippen molar-refractivity contribution in [2.45, 2.75) is 27.1 Å². The van der Waals surface area contributed by atoms with Crippen molar-refractivity contribution in [1.29, 1.82) is 0 Å². The molecule has 0 fully saturated rings. The monoisotopic (exact) mass is 279 g/mol. The van der Waals surface area contributed by atoms with Crippen LogP contribution in [0.4, 0.5) is 4.39 Å². The van der Waals surface area contributed by atoms with Gasteiger partial charge in [-0.3, -0.25) is 0 Å². The van der Waals surface area contributed by atoms with Crippen LogP contribution < -0.4 is 0 Å². The van der Waals surface area contributed by atoms with Crippen molar-refractivity contribution in [1.82, 2.24) is 15.0 Å². The van der Waals surface area contributed by atoms with Crippen molar-refractivity contribution in [3.05, 3.63) is 41.5 Å². The first kappa shape index (κ1) is 14.6. The van der Waals surface area contributed by atoms with E-state index in [-0.39, 0.29) is 5.82 Å². The number of aromatic nitrogens is 3. The quantitative estimate of drug-likeness (QED) is 0.763. The van der Waals surface area contributed by atoms with E-state index in [2.05, 4.69) is 10.3 Å². The second-order valence-electron chi connectivity index (χ2n) is 4.32. The van der Waals surface area contributed by atoms with Gasteiger partial charge in [-0.25, -0.2) is 9.07 Å². The highest BCUT2D eigenvalue weighted by atomic mass is 19.1. The molecule has 108 valence electrons. The van der Waals surface area contributed by atoms with E-state index in [9.17, 15) is 4.39 Å². The fourth-order valence-electron chi connectivity index (χ4n) is 1.88. The molecule has 0 amide bonds. The fraction of sp³-hybridized carbons (Fsp3) is 0.429. The van der Waals surface area contributed by atoms with E-state index in [4.69, 9.17) is 9.47 Å². The molecular weight excluding hydrogens is 261 g/mol. The van der Waals surface area contributed by atoms with Crippen LogP contribution in [0.3, 0.4) is 0 Å². The van der Waals surface area contributed by atoms with E-state index in [1.807, 2.05) is 26.8 Å². The summed E-state index contributed by atoms with van der Waals surface area (Å²) in [5, 5.41) is 8.02. The Morgan fingerprint density at radius 1 is 1.20 bits per heavy atom. The van der Waals surface area contributed by atoms with Gasteiger partial charge in [0, 0.05) is 13.2 Å². The van der Waals surface area contributed by atoms with Crippen molar-refractivity contribution in [2.24, 2.45) is 0 Å². The van der Waals surface area contributed by atoms with E-state index in [1.165, 1.54) is 16.8 Å². The first-order valence-corrected chi connectivity index (χ1v) is 6.57. The maximum atomic E-state index is 13.4. The predicted octanol–water partition coefficient (Wildman–Crippen LogP) is 2.79. The lowest BCUT2D eigenvalue weighted by atomic mass is 10.2. The third-order valence-electron chi connectivity index (χ3n) is 2.68. The lowest BCUT2D eigenvalue weighted by molar-refractivity contribution is -0.142. The summed E-state index contributed by atoms with van der Waals surface area (Å²) >= 11 is 0. The molecule has 2 rings (SSSR count). The molecule has 0 atom stereocenters. The number of aryl methyl sites for hydroxylation is 1. The van der Waals surface area contributed by atoms with Gasteiger partial charge in [-0.15, -0.1) is 5.10 Å². The number of nitrogens with zero attached hydrogens (tertiary/aromatic N) is 3. The van der Waals surface area contributed by atoms with Gasteiger partial charge in [-0.2, -0.15) is 0 Å². The minimum atomic E-state index is -0.548. The summed E-state index contributed by atoms with van der Waals surface area (Å²) in [6, 6.07) is 4.70. The molecule has 0 saturated heterocycles. The van der Waals surface area contributed by atoms with E-state index >= 15 is 0 Å². The van der Waals surface area contributed by atoms with Crippen LogP contribution in [0.5, 0.6) is 0 Å². The molecule has 0 aliphatic carbocycles. The smallest absolute Gasteiger partial charge is 0.204 e. The average Bonchev–Trinajstić information content (AvgIpc) is 2.87. The fourth-order valence-corrected chi connectivity index (χ4v) is 1.88. The average molecular weight is 279 g/mol. The molecule has 0 aliphatic heterocycles. The topological polar surface area (TPSA) is 49.2 Å². The molecule has 1 aromatic carbocycles. The Morgan fingerprint density at radius 2 is 1.90 bits per heavy atom. The Bertz CT molecular complexity index is 545.